The summed E-state index contributed by atoms with van der Waals surface area (Å²) in [6.45, 7) is 0.445. The number of methoxy groups -OCH3 is 1. The number of fused-ring (bicyclic) bond motifs is 2. The smallest absolute Gasteiger partial charge is 0.337 e. The van der Waals surface area contributed by atoms with Crippen LogP contribution in [0.2, 0.25) is 0 Å². The van der Waals surface area contributed by atoms with E-state index in [1.54, 1.807) is 7.11 Å². The second kappa shape index (κ2) is 5.17. The predicted octanol–water partition coefficient (Wildman–Crippen LogP) is 2.79. The van der Waals surface area contributed by atoms with Crippen molar-refractivity contribution < 1.29 is 23.7 Å². The quantitative estimate of drug-likeness (QED) is 0.850. The molecule has 6 nitrogen and oxygen atoms in total. The molecule has 0 bridgehead atoms. The fraction of sp³-hybridized carbons (Fsp3) is 0.211. The van der Waals surface area contributed by atoms with E-state index in [1.807, 2.05) is 36.4 Å². The standard InChI is InChI=1S/C19H15NO5/c1-22-14-5-3-2-4-10(14)17-11-6-15-16(25-9-24-15)7-12(11)20-13-8-23-19(21)18(13)17/h2-7,17,20H,8-9H2,1H3/t17-/m1/s1. The maximum absolute atomic E-state index is 12.4. The number of anilines is 1. The van der Waals surface area contributed by atoms with E-state index in [0.29, 0.717) is 17.1 Å². The third-order valence-corrected chi connectivity index (χ3v) is 4.77. The molecule has 5 rings (SSSR count). The van der Waals surface area contributed by atoms with E-state index in [0.717, 1.165) is 28.3 Å². The average molecular weight is 337 g/mol. The molecule has 1 atom stereocenters. The van der Waals surface area contributed by atoms with Gasteiger partial charge in [0.15, 0.2) is 11.5 Å². The first-order valence-electron chi connectivity index (χ1n) is 8.00. The molecule has 3 aliphatic rings. The predicted molar refractivity (Wildman–Crippen MR) is 89.0 cm³/mol. The third-order valence-electron chi connectivity index (χ3n) is 4.77. The van der Waals surface area contributed by atoms with Gasteiger partial charge < -0.3 is 24.3 Å². The van der Waals surface area contributed by atoms with Crippen molar-refractivity contribution in [1.29, 1.82) is 0 Å². The number of para-hydroxylation sites is 1. The molecular weight excluding hydrogens is 322 g/mol. The highest BCUT2D eigenvalue weighted by Gasteiger charge is 2.40. The fourth-order valence-corrected chi connectivity index (χ4v) is 3.66. The molecule has 0 saturated carbocycles. The molecule has 2 aromatic carbocycles. The van der Waals surface area contributed by atoms with E-state index in [-0.39, 0.29) is 25.3 Å². The Morgan fingerprint density at radius 3 is 2.72 bits per heavy atom. The first-order chi connectivity index (χ1) is 12.3. The molecule has 0 radical (unpaired) electrons. The van der Waals surface area contributed by atoms with Crippen LogP contribution < -0.4 is 19.5 Å². The average Bonchev–Trinajstić information content (AvgIpc) is 3.24. The highest BCUT2D eigenvalue weighted by atomic mass is 16.7. The van der Waals surface area contributed by atoms with Crippen LogP contribution in [-0.4, -0.2) is 26.5 Å². The molecule has 0 fully saturated rings. The topological polar surface area (TPSA) is 66.0 Å². The zero-order chi connectivity index (χ0) is 17.0. The molecule has 0 saturated heterocycles. The minimum atomic E-state index is -0.304. The Hall–Kier alpha value is -3.15. The van der Waals surface area contributed by atoms with Crippen LogP contribution in [0.25, 0.3) is 0 Å². The normalized spacial score (nSPS) is 19.9. The van der Waals surface area contributed by atoms with Crippen molar-refractivity contribution in [3.05, 3.63) is 58.8 Å². The molecule has 0 amide bonds. The summed E-state index contributed by atoms with van der Waals surface area (Å²) in [6.07, 6.45) is 0. The lowest BCUT2D eigenvalue weighted by Gasteiger charge is -2.28. The number of benzene rings is 2. The lowest BCUT2D eigenvalue weighted by Crippen LogP contribution is -2.20. The van der Waals surface area contributed by atoms with Gasteiger partial charge in [-0.25, -0.2) is 4.79 Å². The number of carbonyl (C=O) groups excluding carboxylic acids is 1. The number of ether oxygens (including phenoxy) is 4. The number of cyclic esters (lactones) is 1. The first-order valence-corrected chi connectivity index (χ1v) is 8.00. The molecule has 25 heavy (non-hydrogen) atoms. The summed E-state index contributed by atoms with van der Waals surface area (Å²) in [4.78, 5) is 12.4. The monoisotopic (exact) mass is 337 g/mol. The van der Waals surface area contributed by atoms with Gasteiger partial charge in [-0.15, -0.1) is 0 Å². The largest absolute Gasteiger partial charge is 0.496 e. The van der Waals surface area contributed by atoms with E-state index in [2.05, 4.69) is 5.32 Å². The summed E-state index contributed by atoms with van der Waals surface area (Å²) >= 11 is 0. The van der Waals surface area contributed by atoms with Crippen LogP contribution in [0.4, 0.5) is 5.69 Å². The van der Waals surface area contributed by atoms with Gasteiger partial charge in [0.25, 0.3) is 0 Å². The summed E-state index contributed by atoms with van der Waals surface area (Å²) in [7, 11) is 1.63. The molecule has 0 spiro atoms. The molecule has 3 aliphatic heterocycles. The van der Waals surface area contributed by atoms with E-state index in [9.17, 15) is 4.79 Å². The summed E-state index contributed by atoms with van der Waals surface area (Å²) in [5.41, 5.74) is 4.14. The van der Waals surface area contributed by atoms with Crippen LogP contribution in [0.1, 0.15) is 17.0 Å². The van der Waals surface area contributed by atoms with Crippen molar-refractivity contribution in [3.63, 3.8) is 0 Å². The molecule has 2 aromatic rings. The van der Waals surface area contributed by atoms with Gasteiger partial charge in [-0.05, 0) is 17.7 Å². The Morgan fingerprint density at radius 2 is 1.88 bits per heavy atom. The molecular formula is C19H15NO5. The highest BCUT2D eigenvalue weighted by Crippen LogP contribution is 2.50. The number of esters is 1. The maximum atomic E-state index is 12.4. The Balaban J connectivity index is 1.76. The Bertz CT molecular complexity index is 933. The van der Waals surface area contributed by atoms with Crippen molar-refractivity contribution >= 4 is 11.7 Å². The Kier molecular flexibility index (Phi) is 2.94. The summed E-state index contributed by atoms with van der Waals surface area (Å²) in [5, 5.41) is 3.31. The lowest BCUT2D eigenvalue weighted by molar-refractivity contribution is -0.136. The molecule has 126 valence electrons. The van der Waals surface area contributed by atoms with Crippen molar-refractivity contribution in [2.45, 2.75) is 5.92 Å². The number of nitrogens with one attached hydrogen (secondary N) is 1. The number of hydrogen-bond acceptors (Lipinski definition) is 6. The lowest BCUT2D eigenvalue weighted by atomic mass is 9.80. The van der Waals surface area contributed by atoms with Gasteiger partial charge in [-0.3, -0.25) is 0 Å². The number of carbonyl (C=O) groups is 1. The van der Waals surface area contributed by atoms with Gasteiger partial charge in [-0.1, -0.05) is 18.2 Å². The van der Waals surface area contributed by atoms with Crippen LogP contribution in [0.5, 0.6) is 17.2 Å². The third kappa shape index (κ3) is 2.00. The number of hydrogen-bond donors (Lipinski definition) is 1. The molecule has 6 heteroatoms. The van der Waals surface area contributed by atoms with E-state index in [1.165, 1.54) is 0 Å². The zero-order valence-corrected chi connectivity index (χ0v) is 13.5. The van der Waals surface area contributed by atoms with Gasteiger partial charge in [-0.2, -0.15) is 0 Å². The Morgan fingerprint density at radius 1 is 1.08 bits per heavy atom. The minimum absolute atomic E-state index is 0.201. The molecule has 0 aliphatic carbocycles. The zero-order valence-electron chi connectivity index (χ0n) is 13.5. The summed E-state index contributed by atoms with van der Waals surface area (Å²) in [5.74, 6) is 1.51. The van der Waals surface area contributed by atoms with E-state index < -0.39 is 0 Å². The van der Waals surface area contributed by atoms with Crippen LogP contribution in [0.15, 0.2) is 47.7 Å². The van der Waals surface area contributed by atoms with Gasteiger partial charge in [0.1, 0.15) is 12.4 Å². The van der Waals surface area contributed by atoms with Gasteiger partial charge in [0, 0.05) is 23.2 Å². The minimum Gasteiger partial charge on any atom is -0.496 e. The van der Waals surface area contributed by atoms with Crippen molar-refractivity contribution in [3.8, 4) is 17.2 Å². The van der Waals surface area contributed by atoms with Gasteiger partial charge in [0.2, 0.25) is 6.79 Å². The van der Waals surface area contributed by atoms with Crippen molar-refractivity contribution in [2.24, 2.45) is 0 Å². The summed E-state index contributed by atoms with van der Waals surface area (Å²) < 4.78 is 21.8. The highest BCUT2D eigenvalue weighted by molar-refractivity contribution is 5.97. The number of rotatable bonds is 2. The second-order valence-electron chi connectivity index (χ2n) is 6.06. The van der Waals surface area contributed by atoms with Crippen LogP contribution in [-0.2, 0) is 9.53 Å². The van der Waals surface area contributed by atoms with Crippen LogP contribution in [0.3, 0.4) is 0 Å². The van der Waals surface area contributed by atoms with E-state index in [4.69, 9.17) is 18.9 Å². The van der Waals surface area contributed by atoms with Crippen molar-refractivity contribution in [1.82, 2.24) is 0 Å². The maximum Gasteiger partial charge on any atom is 0.337 e. The molecule has 3 heterocycles. The van der Waals surface area contributed by atoms with Gasteiger partial charge in [0.05, 0.1) is 18.4 Å². The van der Waals surface area contributed by atoms with Crippen LogP contribution >= 0.6 is 0 Å². The van der Waals surface area contributed by atoms with Crippen LogP contribution in [0, 0.1) is 0 Å². The SMILES string of the molecule is COc1ccccc1[C@H]1C2=C(COC2=O)Nc2cc3c(cc21)OCO3. The molecule has 0 aromatic heterocycles. The molecule has 1 N–H and O–H groups in total. The fourth-order valence-electron chi connectivity index (χ4n) is 3.66. The van der Waals surface area contributed by atoms with Gasteiger partial charge >= 0.3 is 5.97 Å². The second-order valence-corrected chi connectivity index (χ2v) is 6.06. The summed E-state index contributed by atoms with van der Waals surface area (Å²) in [6, 6.07) is 11.5. The molecule has 0 unspecified atom stereocenters. The Labute approximate surface area is 144 Å². The van der Waals surface area contributed by atoms with Crippen molar-refractivity contribution in [2.75, 3.05) is 25.8 Å². The van der Waals surface area contributed by atoms with E-state index >= 15 is 0 Å². The first kappa shape index (κ1) is 14.2.